The molecule has 1 atom stereocenters. The molecule has 0 saturated heterocycles. The summed E-state index contributed by atoms with van der Waals surface area (Å²) in [7, 11) is 0. The highest BCUT2D eigenvalue weighted by molar-refractivity contribution is 9.09. The molecule has 1 rings (SSSR count). The Labute approximate surface area is 69.6 Å². The second-order valence-electron chi connectivity index (χ2n) is 3.55. The lowest BCUT2D eigenvalue weighted by Gasteiger charge is -1.96. The lowest BCUT2D eigenvalue weighted by Crippen LogP contribution is -1.87. The largest absolute Gasteiger partial charge is 0.211 e. The van der Waals surface area contributed by atoms with Crippen molar-refractivity contribution in [2.24, 2.45) is 11.3 Å². The van der Waals surface area contributed by atoms with Gasteiger partial charge in [0.25, 0.3) is 0 Å². The van der Waals surface area contributed by atoms with Gasteiger partial charge in [-0.2, -0.15) is 0 Å². The van der Waals surface area contributed by atoms with Crippen molar-refractivity contribution in [3.8, 4) is 0 Å². The molecule has 0 bridgehead atoms. The average molecular weight is 207 g/mol. The highest BCUT2D eigenvalue weighted by Crippen LogP contribution is 2.52. The first kappa shape index (κ1) is 8.25. The minimum absolute atomic E-state index is 0.0319. The number of halogens is 2. The molecule has 10 heavy (non-hydrogen) atoms. The van der Waals surface area contributed by atoms with Crippen molar-refractivity contribution in [1.29, 1.82) is 0 Å². The molecule has 0 aromatic heterocycles. The zero-order valence-corrected chi connectivity index (χ0v) is 7.91. The third-order valence-corrected chi connectivity index (χ3v) is 2.64. The minimum atomic E-state index is -0.0319. The lowest BCUT2D eigenvalue weighted by molar-refractivity contribution is 0.588. The molecule has 0 nitrogen and oxygen atoms in total. The van der Waals surface area contributed by atoms with E-state index in [2.05, 4.69) is 29.8 Å². The summed E-state index contributed by atoms with van der Waals surface area (Å²) in [6.45, 7) is 4.32. The zero-order chi connectivity index (χ0) is 7.78. The Kier molecular flexibility index (Phi) is 2.18. The fourth-order valence-corrected chi connectivity index (χ4v) is 1.24. The molecule has 1 saturated carbocycles. The van der Waals surface area contributed by atoms with E-state index in [1.165, 1.54) is 0 Å². The van der Waals surface area contributed by atoms with E-state index in [9.17, 15) is 4.39 Å². The SMILES string of the molecule is CC1(C)CC1C=C(F)CBr. The highest BCUT2D eigenvalue weighted by Gasteiger charge is 2.43. The molecule has 0 radical (unpaired) electrons. The van der Waals surface area contributed by atoms with Gasteiger partial charge in [-0.05, 0) is 23.8 Å². The van der Waals surface area contributed by atoms with E-state index in [0.29, 0.717) is 16.7 Å². The van der Waals surface area contributed by atoms with Gasteiger partial charge in [0.1, 0.15) is 5.83 Å². The lowest BCUT2D eigenvalue weighted by atomic mass is 10.1. The smallest absolute Gasteiger partial charge is 0.107 e. The van der Waals surface area contributed by atoms with E-state index in [1.54, 1.807) is 6.08 Å². The number of hydrogen-bond donors (Lipinski definition) is 0. The van der Waals surface area contributed by atoms with Crippen LogP contribution in [-0.4, -0.2) is 5.33 Å². The average Bonchev–Trinajstić information content (AvgIpc) is 2.40. The summed E-state index contributed by atoms with van der Waals surface area (Å²) in [5.74, 6) is 0.445. The van der Waals surface area contributed by atoms with Crippen LogP contribution in [0, 0.1) is 11.3 Å². The van der Waals surface area contributed by atoms with Crippen molar-refractivity contribution in [1.82, 2.24) is 0 Å². The summed E-state index contributed by atoms with van der Waals surface area (Å²) in [5.41, 5.74) is 0.361. The predicted octanol–water partition coefficient (Wildman–Crippen LogP) is 3.28. The van der Waals surface area contributed by atoms with Gasteiger partial charge in [-0.25, -0.2) is 4.39 Å². The first-order valence-corrected chi connectivity index (χ1v) is 4.60. The van der Waals surface area contributed by atoms with Gasteiger partial charge >= 0.3 is 0 Å². The standard InChI is InChI=1S/C8H12BrF/c1-8(2)4-6(8)3-7(10)5-9/h3,6H,4-5H2,1-2H3. The molecule has 0 spiro atoms. The first-order chi connectivity index (χ1) is 4.56. The van der Waals surface area contributed by atoms with Crippen LogP contribution in [0.15, 0.2) is 11.9 Å². The maximum atomic E-state index is 12.6. The van der Waals surface area contributed by atoms with Gasteiger partial charge in [0.15, 0.2) is 0 Å². The Hall–Kier alpha value is 0.150. The second-order valence-corrected chi connectivity index (χ2v) is 4.11. The molecule has 1 aliphatic carbocycles. The van der Waals surface area contributed by atoms with Crippen LogP contribution in [0.5, 0.6) is 0 Å². The number of allylic oxidation sites excluding steroid dienone is 2. The summed E-state index contributed by atoms with van der Waals surface area (Å²) >= 11 is 3.07. The Bertz CT molecular complexity index is 161. The third-order valence-electron chi connectivity index (χ3n) is 2.10. The molecule has 1 fully saturated rings. The van der Waals surface area contributed by atoms with Crippen LogP contribution in [0.1, 0.15) is 20.3 Å². The second kappa shape index (κ2) is 2.65. The molecule has 58 valence electrons. The molecule has 1 aliphatic rings. The quantitative estimate of drug-likeness (QED) is 0.609. The van der Waals surface area contributed by atoms with Gasteiger partial charge < -0.3 is 0 Å². The highest BCUT2D eigenvalue weighted by atomic mass is 79.9. The fourth-order valence-electron chi connectivity index (χ4n) is 1.06. The topological polar surface area (TPSA) is 0 Å². The fraction of sp³-hybridized carbons (Fsp3) is 0.750. The molecular formula is C8H12BrF. The molecule has 0 aromatic rings. The van der Waals surface area contributed by atoms with E-state index >= 15 is 0 Å². The maximum absolute atomic E-state index is 12.6. The zero-order valence-electron chi connectivity index (χ0n) is 6.32. The van der Waals surface area contributed by atoms with Crippen LogP contribution in [0.3, 0.4) is 0 Å². The Morgan fingerprint density at radius 1 is 1.80 bits per heavy atom. The van der Waals surface area contributed by atoms with Gasteiger partial charge in [-0.3, -0.25) is 0 Å². The number of alkyl halides is 1. The Morgan fingerprint density at radius 2 is 2.30 bits per heavy atom. The summed E-state index contributed by atoms with van der Waals surface area (Å²) < 4.78 is 12.6. The van der Waals surface area contributed by atoms with Crippen molar-refractivity contribution >= 4 is 15.9 Å². The van der Waals surface area contributed by atoms with E-state index in [-0.39, 0.29) is 5.83 Å². The molecule has 0 aromatic carbocycles. The van der Waals surface area contributed by atoms with Gasteiger partial charge in [0.05, 0.1) is 5.33 Å². The molecule has 2 heteroatoms. The van der Waals surface area contributed by atoms with Gasteiger partial charge in [-0.15, -0.1) is 0 Å². The van der Waals surface area contributed by atoms with Crippen LogP contribution in [0.4, 0.5) is 4.39 Å². The summed E-state index contributed by atoms with van der Waals surface area (Å²) in [6, 6.07) is 0. The first-order valence-electron chi connectivity index (χ1n) is 3.48. The summed E-state index contributed by atoms with van der Waals surface area (Å²) in [5, 5.41) is 0.361. The van der Waals surface area contributed by atoms with Crippen molar-refractivity contribution in [3.63, 3.8) is 0 Å². The molecule has 0 aliphatic heterocycles. The number of hydrogen-bond acceptors (Lipinski definition) is 0. The van der Waals surface area contributed by atoms with Crippen LogP contribution < -0.4 is 0 Å². The Balaban J connectivity index is 2.42. The van der Waals surface area contributed by atoms with E-state index < -0.39 is 0 Å². The number of rotatable bonds is 2. The molecular weight excluding hydrogens is 195 g/mol. The molecule has 0 heterocycles. The van der Waals surface area contributed by atoms with Gasteiger partial charge in [0.2, 0.25) is 0 Å². The molecule has 1 unspecified atom stereocenters. The van der Waals surface area contributed by atoms with E-state index in [0.717, 1.165) is 6.42 Å². The van der Waals surface area contributed by atoms with Crippen molar-refractivity contribution in [3.05, 3.63) is 11.9 Å². The Morgan fingerprint density at radius 3 is 2.60 bits per heavy atom. The van der Waals surface area contributed by atoms with Gasteiger partial charge in [0, 0.05) is 0 Å². The van der Waals surface area contributed by atoms with E-state index in [1.807, 2.05) is 0 Å². The van der Waals surface area contributed by atoms with Gasteiger partial charge in [-0.1, -0.05) is 29.8 Å². The van der Waals surface area contributed by atoms with Crippen LogP contribution in [0.2, 0.25) is 0 Å². The monoisotopic (exact) mass is 206 g/mol. The van der Waals surface area contributed by atoms with Crippen LogP contribution in [-0.2, 0) is 0 Å². The van der Waals surface area contributed by atoms with Crippen molar-refractivity contribution < 1.29 is 4.39 Å². The van der Waals surface area contributed by atoms with E-state index in [4.69, 9.17) is 0 Å². The maximum Gasteiger partial charge on any atom is 0.107 e. The van der Waals surface area contributed by atoms with Crippen LogP contribution in [0.25, 0.3) is 0 Å². The molecule has 0 amide bonds. The normalized spacial score (nSPS) is 30.4. The van der Waals surface area contributed by atoms with Crippen molar-refractivity contribution in [2.75, 3.05) is 5.33 Å². The van der Waals surface area contributed by atoms with Crippen LogP contribution >= 0.6 is 15.9 Å². The predicted molar refractivity (Wildman–Crippen MR) is 44.9 cm³/mol. The molecule has 0 N–H and O–H groups in total. The van der Waals surface area contributed by atoms with Crippen molar-refractivity contribution in [2.45, 2.75) is 20.3 Å². The summed E-state index contributed by atoms with van der Waals surface area (Å²) in [4.78, 5) is 0. The minimum Gasteiger partial charge on any atom is -0.211 e. The summed E-state index contributed by atoms with van der Waals surface area (Å²) in [6.07, 6.45) is 2.86. The third kappa shape index (κ3) is 1.82.